The summed E-state index contributed by atoms with van der Waals surface area (Å²) in [6, 6.07) is 8.77. The lowest BCUT2D eigenvalue weighted by Gasteiger charge is -2.18. The summed E-state index contributed by atoms with van der Waals surface area (Å²) in [5.74, 6) is 0. The fourth-order valence-electron chi connectivity index (χ4n) is 1.44. The van der Waals surface area contributed by atoms with Crippen molar-refractivity contribution < 1.29 is 4.74 Å². The van der Waals surface area contributed by atoms with E-state index < -0.39 is 0 Å². The molecule has 0 radical (unpaired) electrons. The van der Waals surface area contributed by atoms with Gasteiger partial charge in [-0.3, -0.25) is 0 Å². The molecule has 1 aliphatic rings. The first-order chi connectivity index (χ1) is 6.07. The molecule has 0 spiro atoms. The first-order valence-electron chi connectivity index (χ1n) is 4.79. The van der Waals surface area contributed by atoms with Gasteiger partial charge in [0.25, 0.3) is 0 Å². The second-order valence-corrected chi connectivity index (χ2v) is 4.69. The van der Waals surface area contributed by atoms with E-state index in [0.29, 0.717) is 6.10 Å². The van der Waals surface area contributed by atoms with Crippen molar-refractivity contribution in [1.82, 2.24) is 0 Å². The highest BCUT2D eigenvalue weighted by Gasteiger charge is 2.24. The van der Waals surface area contributed by atoms with Crippen LogP contribution in [0.3, 0.4) is 0 Å². The summed E-state index contributed by atoms with van der Waals surface area (Å²) in [6.45, 7) is 7.59. The maximum Gasteiger partial charge on any atom is 0.106 e. The highest BCUT2D eigenvalue weighted by atomic mass is 16.6. The van der Waals surface area contributed by atoms with E-state index in [4.69, 9.17) is 4.74 Å². The maximum absolute atomic E-state index is 5.22. The van der Waals surface area contributed by atoms with Crippen molar-refractivity contribution in [3.8, 4) is 0 Å². The maximum atomic E-state index is 5.22. The zero-order valence-corrected chi connectivity index (χ0v) is 8.50. The molecule has 0 amide bonds. The Hall–Kier alpha value is -0.820. The smallest absolute Gasteiger partial charge is 0.106 e. The minimum atomic E-state index is 0.253. The summed E-state index contributed by atoms with van der Waals surface area (Å²) in [4.78, 5) is 0. The van der Waals surface area contributed by atoms with Gasteiger partial charge in [-0.25, -0.2) is 0 Å². The lowest BCUT2D eigenvalue weighted by molar-refractivity contribution is 0.415. The van der Waals surface area contributed by atoms with Crippen LogP contribution in [0.25, 0.3) is 0 Å². The van der Waals surface area contributed by atoms with E-state index in [2.05, 4.69) is 45.0 Å². The number of epoxide rings is 1. The molecule has 1 heterocycles. The molecule has 1 aromatic carbocycles. The molecule has 0 saturated carbocycles. The van der Waals surface area contributed by atoms with Crippen LogP contribution in [0, 0.1) is 0 Å². The molecule has 1 fully saturated rings. The predicted octanol–water partition coefficient (Wildman–Crippen LogP) is 3.06. The van der Waals surface area contributed by atoms with E-state index in [0.717, 1.165) is 6.61 Å². The van der Waals surface area contributed by atoms with Crippen LogP contribution < -0.4 is 0 Å². The Bertz CT molecular complexity index is 288. The molecule has 0 aliphatic carbocycles. The van der Waals surface area contributed by atoms with E-state index in [1.807, 2.05) is 0 Å². The van der Waals surface area contributed by atoms with Gasteiger partial charge in [0.1, 0.15) is 6.10 Å². The Morgan fingerprint density at radius 3 is 2.08 bits per heavy atom. The van der Waals surface area contributed by atoms with Crippen LogP contribution in [0.5, 0.6) is 0 Å². The quantitative estimate of drug-likeness (QED) is 0.599. The molecule has 0 aromatic heterocycles. The second-order valence-electron chi connectivity index (χ2n) is 4.69. The topological polar surface area (TPSA) is 12.5 Å². The Balaban J connectivity index is 2.22. The highest BCUT2D eigenvalue weighted by Crippen LogP contribution is 2.31. The minimum absolute atomic E-state index is 0.253. The van der Waals surface area contributed by atoms with E-state index in [1.54, 1.807) is 0 Å². The van der Waals surface area contributed by atoms with Gasteiger partial charge >= 0.3 is 0 Å². The summed E-state index contributed by atoms with van der Waals surface area (Å²) in [7, 11) is 0. The van der Waals surface area contributed by atoms with Crippen molar-refractivity contribution in [3.05, 3.63) is 35.4 Å². The Labute approximate surface area is 79.7 Å². The number of benzene rings is 1. The van der Waals surface area contributed by atoms with E-state index in [1.165, 1.54) is 11.1 Å². The Kier molecular flexibility index (Phi) is 1.92. The third-order valence-electron chi connectivity index (χ3n) is 2.48. The van der Waals surface area contributed by atoms with Crippen LogP contribution in [0.15, 0.2) is 24.3 Å². The highest BCUT2D eigenvalue weighted by molar-refractivity contribution is 5.29. The molecule has 1 heteroatoms. The van der Waals surface area contributed by atoms with Crippen molar-refractivity contribution in [2.75, 3.05) is 6.61 Å². The summed E-state index contributed by atoms with van der Waals surface area (Å²) in [6.07, 6.45) is 0.383. The monoisotopic (exact) mass is 176 g/mol. The average Bonchev–Trinajstić information content (AvgIpc) is 2.85. The van der Waals surface area contributed by atoms with Gasteiger partial charge in [-0.1, -0.05) is 45.0 Å². The van der Waals surface area contributed by atoms with Crippen molar-refractivity contribution in [3.63, 3.8) is 0 Å². The Morgan fingerprint density at radius 1 is 1.15 bits per heavy atom. The molecule has 70 valence electrons. The fraction of sp³-hybridized carbons (Fsp3) is 0.500. The zero-order chi connectivity index (χ0) is 9.47. The van der Waals surface area contributed by atoms with Crippen LogP contribution in [0.2, 0.25) is 0 Å². The molecule has 0 bridgehead atoms. The molecule has 0 N–H and O–H groups in total. The third kappa shape index (κ3) is 1.92. The van der Waals surface area contributed by atoms with Crippen LogP contribution in [-0.4, -0.2) is 6.61 Å². The normalized spacial score (nSPS) is 21.6. The van der Waals surface area contributed by atoms with E-state index >= 15 is 0 Å². The van der Waals surface area contributed by atoms with Gasteiger partial charge in [-0.05, 0) is 16.5 Å². The fourth-order valence-corrected chi connectivity index (χ4v) is 1.44. The van der Waals surface area contributed by atoms with Crippen LogP contribution >= 0.6 is 0 Å². The largest absolute Gasteiger partial charge is 0.368 e. The Morgan fingerprint density at radius 2 is 1.69 bits per heavy atom. The van der Waals surface area contributed by atoms with Gasteiger partial charge in [0.15, 0.2) is 0 Å². The third-order valence-corrected chi connectivity index (χ3v) is 2.48. The summed E-state index contributed by atoms with van der Waals surface area (Å²) in [5, 5.41) is 0. The zero-order valence-electron chi connectivity index (χ0n) is 8.50. The number of hydrogen-bond donors (Lipinski definition) is 0. The van der Waals surface area contributed by atoms with Gasteiger partial charge in [-0.15, -0.1) is 0 Å². The van der Waals surface area contributed by atoms with Gasteiger partial charge in [-0.2, -0.15) is 0 Å². The lowest BCUT2D eigenvalue weighted by atomic mass is 9.86. The molecular formula is C12H16O. The minimum Gasteiger partial charge on any atom is -0.368 e. The van der Waals surface area contributed by atoms with Gasteiger partial charge in [0.05, 0.1) is 6.61 Å². The summed E-state index contributed by atoms with van der Waals surface area (Å²) in [5.41, 5.74) is 2.95. The number of hydrogen-bond acceptors (Lipinski definition) is 1. The van der Waals surface area contributed by atoms with Gasteiger partial charge in [0, 0.05) is 0 Å². The number of ether oxygens (including phenoxy) is 1. The van der Waals surface area contributed by atoms with Crippen LogP contribution in [0.4, 0.5) is 0 Å². The standard InChI is InChI=1S/C12H16O/c1-12(2,3)10-6-4-9(5-7-10)11-8-13-11/h4-7,11H,8H2,1-3H3. The lowest BCUT2D eigenvalue weighted by Crippen LogP contribution is -2.10. The predicted molar refractivity (Wildman–Crippen MR) is 53.8 cm³/mol. The molecule has 13 heavy (non-hydrogen) atoms. The van der Waals surface area contributed by atoms with Gasteiger partial charge < -0.3 is 4.74 Å². The molecule has 2 rings (SSSR count). The molecule has 1 unspecified atom stereocenters. The molecular weight excluding hydrogens is 160 g/mol. The molecule has 1 saturated heterocycles. The second kappa shape index (κ2) is 2.85. The average molecular weight is 176 g/mol. The van der Waals surface area contributed by atoms with Crippen molar-refractivity contribution in [1.29, 1.82) is 0 Å². The number of rotatable bonds is 1. The van der Waals surface area contributed by atoms with Crippen molar-refractivity contribution in [2.24, 2.45) is 0 Å². The summed E-state index contributed by atoms with van der Waals surface area (Å²) >= 11 is 0. The van der Waals surface area contributed by atoms with Crippen molar-refractivity contribution in [2.45, 2.75) is 32.3 Å². The SMILES string of the molecule is CC(C)(C)c1ccc(C2CO2)cc1. The first-order valence-corrected chi connectivity index (χ1v) is 4.79. The van der Waals surface area contributed by atoms with E-state index in [-0.39, 0.29) is 5.41 Å². The molecule has 1 nitrogen and oxygen atoms in total. The van der Waals surface area contributed by atoms with Crippen molar-refractivity contribution >= 4 is 0 Å². The van der Waals surface area contributed by atoms with Gasteiger partial charge in [0.2, 0.25) is 0 Å². The molecule has 1 atom stereocenters. The first kappa shape index (κ1) is 8.76. The molecule has 1 aliphatic heterocycles. The molecule has 1 aromatic rings. The summed E-state index contributed by atoms with van der Waals surface area (Å²) < 4.78 is 5.22. The van der Waals surface area contributed by atoms with E-state index in [9.17, 15) is 0 Å². The van der Waals surface area contributed by atoms with Crippen LogP contribution in [-0.2, 0) is 10.2 Å². The van der Waals surface area contributed by atoms with Crippen LogP contribution in [0.1, 0.15) is 38.0 Å².